The number of anilines is 2. The number of fused-ring (bicyclic) bond motifs is 1. The van der Waals surface area contributed by atoms with E-state index < -0.39 is 0 Å². The Balaban J connectivity index is 1.15. The van der Waals surface area contributed by atoms with E-state index in [2.05, 4.69) is 15.3 Å². The summed E-state index contributed by atoms with van der Waals surface area (Å²) in [6, 6.07) is 25.7. The second kappa shape index (κ2) is 17.6. The molecule has 3 heterocycles. The molecule has 0 unspecified atom stereocenters. The third kappa shape index (κ3) is 9.11. The lowest BCUT2D eigenvalue weighted by Gasteiger charge is -2.22. The van der Waals surface area contributed by atoms with Crippen LogP contribution in [0.2, 0.25) is 0 Å². The molecular formula is C38H45N7O6. The number of unbranched alkanes of at least 4 members (excludes halogenated alkanes) is 1. The molecule has 2 atom stereocenters. The molecular weight excluding hydrogens is 650 g/mol. The molecule has 0 radical (unpaired) electrons. The summed E-state index contributed by atoms with van der Waals surface area (Å²) in [5.74, 6) is 1.53. The van der Waals surface area contributed by atoms with Gasteiger partial charge >= 0.3 is 6.09 Å². The average molecular weight is 696 g/mol. The highest BCUT2D eigenvalue weighted by atomic mass is 16.6. The van der Waals surface area contributed by atoms with Crippen LogP contribution in [-0.4, -0.2) is 79.7 Å². The minimum absolute atomic E-state index is 0.0559. The Labute approximate surface area is 297 Å². The Morgan fingerprint density at radius 2 is 1.75 bits per heavy atom. The fourth-order valence-corrected chi connectivity index (χ4v) is 6.13. The number of ether oxygens (including phenoxy) is 3. The van der Waals surface area contributed by atoms with Crippen LogP contribution in [0.25, 0.3) is 22.3 Å². The highest BCUT2D eigenvalue weighted by Crippen LogP contribution is 2.35. The number of aliphatic hydroxyl groups is 2. The van der Waals surface area contributed by atoms with Crippen molar-refractivity contribution in [2.24, 2.45) is 0 Å². The Morgan fingerprint density at radius 3 is 2.51 bits per heavy atom. The molecule has 13 heteroatoms. The molecule has 6 rings (SSSR count). The zero-order valence-electron chi connectivity index (χ0n) is 28.6. The molecule has 13 nitrogen and oxygen atoms in total. The monoisotopic (exact) mass is 695 g/mol. The number of nitrogens with one attached hydrogen (secondary N) is 1. The molecule has 51 heavy (non-hydrogen) atoms. The quantitative estimate of drug-likeness (QED) is 0.0902. The minimum atomic E-state index is -0.386. The number of carbonyl (C=O) groups excluding carboxylic acids is 1. The molecule has 5 N–H and O–H groups in total. The van der Waals surface area contributed by atoms with Gasteiger partial charge in [-0.05, 0) is 54.9 Å². The number of benzene rings is 3. The normalized spacial score (nSPS) is 15.6. The first-order valence-corrected chi connectivity index (χ1v) is 17.4. The number of hydrogen-bond donors (Lipinski definition) is 4. The largest absolute Gasteiger partial charge is 0.493 e. The number of nitrogens with two attached hydrogens (primary N) is 1. The van der Waals surface area contributed by atoms with Gasteiger partial charge in [-0.3, -0.25) is 4.57 Å². The van der Waals surface area contributed by atoms with Gasteiger partial charge in [-0.1, -0.05) is 72.8 Å². The summed E-state index contributed by atoms with van der Waals surface area (Å²) in [5.41, 5.74) is 11.1. The SMILES string of the molecule is Nc1ncnc2c1nc(NCc1ccc(-c3ccccc3)c(OCCCN(CCCCO)C(=O)OCc3ccccc3)c1)n2[C@H]1CC[C@@H](CO)O1. The van der Waals surface area contributed by atoms with Crippen molar-refractivity contribution in [2.75, 3.05) is 44.0 Å². The van der Waals surface area contributed by atoms with E-state index in [1.54, 1.807) is 4.90 Å². The highest BCUT2D eigenvalue weighted by Gasteiger charge is 2.30. The van der Waals surface area contributed by atoms with Gasteiger partial charge in [0.05, 0.1) is 19.3 Å². The number of rotatable bonds is 17. The first-order valence-electron chi connectivity index (χ1n) is 17.4. The summed E-state index contributed by atoms with van der Waals surface area (Å²) in [6.45, 7) is 1.94. The maximum absolute atomic E-state index is 13.0. The standard InChI is InChI=1S/C38H45N7O6/c39-35-34-36(42-26-41-35)45(33-17-15-30(24-47)51-33)37(43-34)40-23-28-14-16-31(29-12-5-2-6-13-29)32(22-28)49-21-9-19-44(18-7-8-20-46)38(48)50-25-27-10-3-1-4-11-27/h1-6,10-14,16,22,26,30,33,46-47H,7-9,15,17-21,23-25H2,(H,40,43)(H2,39,41,42)/t30-,33+/m0/s1. The molecule has 1 amide bonds. The first-order chi connectivity index (χ1) is 25.0. The number of nitrogens with zero attached hydrogens (tertiary/aromatic N) is 5. The first kappa shape index (κ1) is 35.6. The van der Waals surface area contributed by atoms with Crippen LogP contribution in [0.5, 0.6) is 5.75 Å². The average Bonchev–Trinajstić information content (AvgIpc) is 3.80. The van der Waals surface area contributed by atoms with E-state index in [1.165, 1.54) is 6.33 Å². The predicted molar refractivity (Wildman–Crippen MR) is 194 cm³/mol. The van der Waals surface area contributed by atoms with E-state index in [-0.39, 0.29) is 44.1 Å². The van der Waals surface area contributed by atoms with Gasteiger partial charge in [-0.25, -0.2) is 19.7 Å². The second-order valence-electron chi connectivity index (χ2n) is 12.4. The summed E-state index contributed by atoms with van der Waals surface area (Å²) >= 11 is 0. The molecule has 1 aliphatic rings. The Morgan fingerprint density at radius 1 is 0.961 bits per heavy atom. The number of hydrogen-bond acceptors (Lipinski definition) is 11. The molecule has 5 aromatic rings. The van der Waals surface area contributed by atoms with E-state index in [0.717, 1.165) is 28.7 Å². The molecule has 0 spiro atoms. The maximum atomic E-state index is 13.0. The fraction of sp³-hybridized carbons (Fsp3) is 0.368. The van der Waals surface area contributed by atoms with E-state index in [9.17, 15) is 15.0 Å². The van der Waals surface area contributed by atoms with Gasteiger partial charge in [0, 0.05) is 31.8 Å². The lowest BCUT2D eigenvalue weighted by atomic mass is 10.0. The van der Waals surface area contributed by atoms with Crippen LogP contribution < -0.4 is 15.8 Å². The number of imidazole rings is 1. The summed E-state index contributed by atoms with van der Waals surface area (Å²) in [7, 11) is 0. The lowest BCUT2D eigenvalue weighted by molar-refractivity contribution is -0.0197. The zero-order chi connectivity index (χ0) is 35.4. The van der Waals surface area contributed by atoms with Crippen molar-refractivity contribution in [3.63, 3.8) is 0 Å². The van der Waals surface area contributed by atoms with Gasteiger partial charge in [0.2, 0.25) is 5.95 Å². The van der Waals surface area contributed by atoms with Crippen LogP contribution in [-0.2, 0) is 22.6 Å². The summed E-state index contributed by atoms with van der Waals surface area (Å²) in [5, 5.41) is 22.4. The Kier molecular flexibility index (Phi) is 12.3. The van der Waals surface area contributed by atoms with Crippen molar-refractivity contribution in [3.05, 3.63) is 96.3 Å². The van der Waals surface area contributed by atoms with Crippen molar-refractivity contribution in [1.82, 2.24) is 24.4 Å². The van der Waals surface area contributed by atoms with Gasteiger partial charge in [-0.15, -0.1) is 0 Å². The highest BCUT2D eigenvalue weighted by molar-refractivity contribution is 5.84. The zero-order valence-corrected chi connectivity index (χ0v) is 28.6. The molecule has 1 saturated heterocycles. The van der Waals surface area contributed by atoms with Crippen LogP contribution in [0.4, 0.5) is 16.6 Å². The lowest BCUT2D eigenvalue weighted by Crippen LogP contribution is -2.34. The summed E-state index contributed by atoms with van der Waals surface area (Å²) in [4.78, 5) is 28.0. The van der Waals surface area contributed by atoms with Crippen molar-refractivity contribution in [1.29, 1.82) is 0 Å². The molecule has 3 aromatic carbocycles. The van der Waals surface area contributed by atoms with Crippen molar-refractivity contribution in [2.45, 2.75) is 57.6 Å². The van der Waals surface area contributed by atoms with Crippen LogP contribution >= 0.6 is 0 Å². The van der Waals surface area contributed by atoms with E-state index in [4.69, 9.17) is 24.9 Å². The van der Waals surface area contributed by atoms with Gasteiger partial charge in [0.15, 0.2) is 17.0 Å². The molecule has 268 valence electrons. The van der Waals surface area contributed by atoms with Crippen LogP contribution in [0, 0.1) is 0 Å². The molecule has 0 aliphatic carbocycles. The molecule has 2 aromatic heterocycles. The number of aromatic nitrogens is 4. The fourth-order valence-electron chi connectivity index (χ4n) is 6.13. The van der Waals surface area contributed by atoms with Gasteiger partial charge in [-0.2, -0.15) is 0 Å². The second-order valence-corrected chi connectivity index (χ2v) is 12.4. The summed E-state index contributed by atoms with van der Waals surface area (Å²) in [6.07, 6.45) is 3.69. The topological polar surface area (TPSA) is 170 Å². The number of nitrogen functional groups attached to an aromatic ring is 1. The van der Waals surface area contributed by atoms with E-state index >= 15 is 0 Å². The number of amides is 1. The van der Waals surface area contributed by atoms with Gasteiger partial charge in [0.25, 0.3) is 0 Å². The van der Waals surface area contributed by atoms with Gasteiger partial charge in [0.1, 0.15) is 24.9 Å². The van der Waals surface area contributed by atoms with Crippen molar-refractivity contribution >= 4 is 29.0 Å². The smallest absolute Gasteiger partial charge is 0.410 e. The van der Waals surface area contributed by atoms with Crippen molar-refractivity contribution < 1.29 is 29.2 Å². The minimum Gasteiger partial charge on any atom is -0.493 e. The third-order valence-corrected chi connectivity index (χ3v) is 8.79. The van der Waals surface area contributed by atoms with Crippen LogP contribution in [0.3, 0.4) is 0 Å². The maximum Gasteiger partial charge on any atom is 0.410 e. The van der Waals surface area contributed by atoms with E-state index in [0.29, 0.717) is 74.8 Å². The number of aliphatic hydroxyl groups excluding tert-OH is 2. The van der Waals surface area contributed by atoms with Crippen LogP contribution in [0.1, 0.15) is 49.5 Å². The van der Waals surface area contributed by atoms with Gasteiger partial charge < -0.3 is 40.4 Å². The summed E-state index contributed by atoms with van der Waals surface area (Å²) < 4.78 is 20.0. The predicted octanol–water partition coefficient (Wildman–Crippen LogP) is 5.54. The van der Waals surface area contributed by atoms with Crippen molar-refractivity contribution in [3.8, 4) is 16.9 Å². The van der Waals surface area contributed by atoms with Crippen LogP contribution in [0.15, 0.2) is 85.2 Å². The Bertz CT molecular complexity index is 1860. The third-order valence-electron chi connectivity index (χ3n) is 8.79. The molecule has 1 aliphatic heterocycles. The van der Waals surface area contributed by atoms with E-state index in [1.807, 2.05) is 83.4 Å². The number of carbonyl (C=O) groups is 1. The molecule has 1 fully saturated rings. The molecule has 0 saturated carbocycles. The Hall–Kier alpha value is -5.24. The molecule has 0 bridgehead atoms.